The lowest BCUT2D eigenvalue weighted by Gasteiger charge is -2.36. The van der Waals surface area contributed by atoms with Crippen LogP contribution in [-0.4, -0.2) is 73.3 Å². The van der Waals surface area contributed by atoms with E-state index in [1.165, 1.54) is 0 Å². The van der Waals surface area contributed by atoms with E-state index in [2.05, 4.69) is 20.8 Å². The van der Waals surface area contributed by atoms with Gasteiger partial charge in [0, 0.05) is 31.9 Å². The standard InChI is InChI=1S/C25H26BrN3O5S/c1-3-34-20-14-17(13-19(26)23(20)33-2)15-21-24(31)29(25(32)35-21)16-22(30)28-11-9-27(10-12-28)18-7-5-4-6-8-18/h4-8,13-15H,3,9-12,16H2,1-2H3/b21-15+. The highest BCUT2D eigenvalue weighted by molar-refractivity contribution is 9.10. The summed E-state index contributed by atoms with van der Waals surface area (Å²) in [7, 11) is 1.55. The number of imide groups is 1. The maximum Gasteiger partial charge on any atom is 0.294 e. The first-order valence-corrected chi connectivity index (χ1v) is 12.9. The van der Waals surface area contributed by atoms with Gasteiger partial charge in [0.1, 0.15) is 6.54 Å². The number of nitrogens with zero attached hydrogens (tertiary/aromatic N) is 3. The van der Waals surface area contributed by atoms with Gasteiger partial charge in [0.15, 0.2) is 11.5 Å². The molecule has 2 aliphatic rings. The van der Waals surface area contributed by atoms with Crippen molar-refractivity contribution < 1.29 is 23.9 Å². The van der Waals surface area contributed by atoms with Gasteiger partial charge in [-0.05, 0) is 70.5 Å². The Kier molecular flexibility index (Phi) is 8.02. The number of benzene rings is 2. The molecule has 0 bridgehead atoms. The highest BCUT2D eigenvalue weighted by Crippen LogP contribution is 2.39. The summed E-state index contributed by atoms with van der Waals surface area (Å²) in [6, 6.07) is 13.6. The Morgan fingerprint density at radius 2 is 1.83 bits per heavy atom. The molecule has 0 aliphatic carbocycles. The highest BCUT2D eigenvalue weighted by Gasteiger charge is 2.37. The van der Waals surface area contributed by atoms with Crippen molar-refractivity contribution in [2.45, 2.75) is 6.92 Å². The Hall–Kier alpha value is -2.98. The molecule has 4 rings (SSSR count). The lowest BCUT2D eigenvalue weighted by molar-refractivity contribution is -0.136. The first-order valence-electron chi connectivity index (χ1n) is 11.2. The van der Waals surface area contributed by atoms with E-state index in [1.54, 1.807) is 30.2 Å². The van der Waals surface area contributed by atoms with Crippen LogP contribution < -0.4 is 14.4 Å². The Morgan fingerprint density at radius 1 is 1.11 bits per heavy atom. The maximum absolute atomic E-state index is 13.0. The molecule has 8 nitrogen and oxygen atoms in total. The van der Waals surface area contributed by atoms with Crippen LogP contribution in [0.5, 0.6) is 11.5 Å². The van der Waals surface area contributed by atoms with Gasteiger partial charge in [0.25, 0.3) is 11.1 Å². The first kappa shape index (κ1) is 25.1. The second kappa shape index (κ2) is 11.2. The van der Waals surface area contributed by atoms with Gasteiger partial charge in [0.05, 0.1) is 23.1 Å². The topological polar surface area (TPSA) is 79.4 Å². The van der Waals surface area contributed by atoms with Crippen LogP contribution in [0.15, 0.2) is 51.8 Å². The molecular formula is C25H26BrN3O5S. The molecule has 10 heteroatoms. The number of ether oxygens (including phenoxy) is 2. The molecule has 184 valence electrons. The third kappa shape index (κ3) is 5.65. The van der Waals surface area contributed by atoms with Crippen molar-refractivity contribution in [3.05, 3.63) is 57.4 Å². The van der Waals surface area contributed by atoms with E-state index in [9.17, 15) is 14.4 Å². The number of rotatable bonds is 7. The summed E-state index contributed by atoms with van der Waals surface area (Å²) < 4.78 is 11.7. The van der Waals surface area contributed by atoms with Crippen LogP contribution in [0, 0.1) is 0 Å². The highest BCUT2D eigenvalue weighted by atomic mass is 79.9. The third-order valence-electron chi connectivity index (χ3n) is 5.75. The van der Waals surface area contributed by atoms with Gasteiger partial charge in [-0.25, -0.2) is 0 Å². The van der Waals surface area contributed by atoms with E-state index in [4.69, 9.17) is 9.47 Å². The number of hydrogen-bond acceptors (Lipinski definition) is 7. The number of thioether (sulfide) groups is 1. The lowest BCUT2D eigenvalue weighted by atomic mass is 10.2. The van der Waals surface area contributed by atoms with Crippen LogP contribution in [0.1, 0.15) is 12.5 Å². The summed E-state index contributed by atoms with van der Waals surface area (Å²) in [6.45, 7) is 4.54. The zero-order chi connectivity index (χ0) is 24.9. The quantitative estimate of drug-likeness (QED) is 0.469. The van der Waals surface area contributed by atoms with Crippen LogP contribution in [0.2, 0.25) is 0 Å². The monoisotopic (exact) mass is 559 g/mol. The van der Waals surface area contributed by atoms with Gasteiger partial charge >= 0.3 is 0 Å². The fraction of sp³-hybridized carbons (Fsp3) is 0.320. The van der Waals surface area contributed by atoms with Crippen LogP contribution in [-0.2, 0) is 9.59 Å². The summed E-state index contributed by atoms with van der Waals surface area (Å²) >= 11 is 4.29. The maximum atomic E-state index is 13.0. The van der Waals surface area contributed by atoms with E-state index < -0.39 is 11.1 Å². The van der Waals surface area contributed by atoms with Crippen molar-refractivity contribution in [3.63, 3.8) is 0 Å². The van der Waals surface area contributed by atoms with Crippen molar-refractivity contribution in [1.82, 2.24) is 9.80 Å². The molecule has 2 heterocycles. The number of anilines is 1. The summed E-state index contributed by atoms with van der Waals surface area (Å²) in [4.78, 5) is 43.6. The zero-order valence-corrected chi connectivity index (χ0v) is 21.9. The molecule has 0 saturated carbocycles. The summed E-state index contributed by atoms with van der Waals surface area (Å²) in [6.07, 6.45) is 1.63. The van der Waals surface area contributed by atoms with Gasteiger partial charge in [0.2, 0.25) is 5.91 Å². The zero-order valence-electron chi connectivity index (χ0n) is 19.5. The Balaban J connectivity index is 1.41. The van der Waals surface area contributed by atoms with Crippen molar-refractivity contribution in [3.8, 4) is 11.5 Å². The predicted octanol–water partition coefficient (Wildman–Crippen LogP) is 4.24. The number of piperazine rings is 1. The van der Waals surface area contributed by atoms with Crippen molar-refractivity contribution in [1.29, 1.82) is 0 Å². The third-order valence-corrected chi connectivity index (χ3v) is 7.25. The van der Waals surface area contributed by atoms with Gasteiger partial charge in [-0.15, -0.1) is 0 Å². The molecule has 2 fully saturated rings. The van der Waals surface area contributed by atoms with Crippen molar-refractivity contribution >= 4 is 56.5 Å². The van der Waals surface area contributed by atoms with Crippen molar-refractivity contribution in [2.24, 2.45) is 0 Å². The number of methoxy groups -OCH3 is 1. The molecule has 0 N–H and O–H groups in total. The minimum absolute atomic E-state index is 0.230. The van der Waals surface area contributed by atoms with Crippen LogP contribution in [0.3, 0.4) is 0 Å². The SMILES string of the molecule is CCOc1cc(/C=C2/SC(=O)N(CC(=O)N3CCN(c4ccccc4)CC3)C2=O)cc(Br)c1OC. The molecule has 2 saturated heterocycles. The van der Waals surface area contributed by atoms with Crippen LogP contribution in [0.4, 0.5) is 10.5 Å². The van der Waals surface area contributed by atoms with Crippen LogP contribution in [0.25, 0.3) is 6.08 Å². The molecule has 3 amide bonds. The first-order chi connectivity index (χ1) is 16.9. The number of amides is 3. The second-order valence-corrected chi connectivity index (χ2v) is 9.79. The fourth-order valence-electron chi connectivity index (χ4n) is 4.01. The molecule has 2 aromatic carbocycles. The van der Waals surface area contributed by atoms with E-state index in [1.807, 2.05) is 37.3 Å². The van der Waals surface area contributed by atoms with Gasteiger partial charge < -0.3 is 19.3 Å². The lowest BCUT2D eigenvalue weighted by Crippen LogP contribution is -2.51. The van der Waals surface area contributed by atoms with E-state index in [0.717, 1.165) is 22.3 Å². The molecule has 35 heavy (non-hydrogen) atoms. The number of para-hydroxylation sites is 1. The minimum atomic E-state index is -0.471. The molecule has 0 spiro atoms. The predicted molar refractivity (Wildman–Crippen MR) is 140 cm³/mol. The fourth-order valence-corrected chi connectivity index (χ4v) is 5.47. The molecule has 0 aromatic heterocycles. The Morgan fingerprint density at radius 3 is 2.49 bits per heavy atom. The smallest absolute Gasteiger partial charge is 0.294 e. The second-order valence-electron chi connectivity index (χ2n) is 7.94. The molecule has 0 unspecified atom stereocenters. The van der Waals surface area contributed by atoms with Gasteiger partial charge in [-0.3, -0.25) is 19.3 Å². The number of hydrogen-bond donors (Lipinski definition) is 0. The molecule has 0 atom stereocenters. The summed E-state index contributed by atoms with van der Waals surface area (Å²) in [5, 5.41) is -0.449. The number of halogens is 1. The average molecular weight is 560 g/mol. The van der Waals surface area contributed by atoms with Gasteiger partial charge in [-0.2, -0.15) is 0 Å². The largest absolute Gasteiger partial charge is 0.492 e. The number of carbonyl (C=O) groups excluding carboxylic acids is 3. The van der Waals surface area contributed by atoms with Gasteiger partial charge in [-0.1, -0.05) is 18.2 Å². The Labute approximate surface area is 217 Å². The normalized spacial score (nSPS) is 17.3. The van der Waals surface area contributed by atoms with E-state index in [0.29, 0.717) is 54.3 Å². The summed E-state index contributed by atoms with van der Waals surface area (Å²) in [5.74, 6) is 0.378. The molecule has 2 aliphatic heterocycles. The van der Waals surface area contributed by atoms with E-state index >= 15 is 0 Å². The molecular weight excluding hydrogens is 534 g/mol. The van der Waals surface area contributed by atoms with Crippen LogP contribution >= 0.6 is 27.7 Å². The summed E-state index contributed by atoms with van der Waals surface area (Å²) in [5.41, 5.74) is 1.79. The van der Waals surface area contributed by atoms with Crippen molar-refractivity contribution in [2.75, 3.05) is 51.3 Å². The molecule has 0 radical (unpaired) electrons. The Bertz CT molecular complexity index is 1150. The average Bonchev–Trinajstić information content (AvgIpc) is 3.12. The number of carbonyl (C=O) groups is 3. The van der Waals surface area contributed by atoms with E-state index in [-0.39, 0.29) is 17.4 Å². The minimum Gasteiger partial charge on any atom is -0.492 e. The molecule has 2 aromatic rings.